The molecule has 0 spiro atoms. The molecule has 7 heteroatoms. The Hall–Kier alpha value is -0.690. The molecule has 0 radical (unpaired) electrons. The minimum absolute atomic E-state index is 0.0709. The minimum Gasteiger partial charge on any atom is -0.383 e. The fourth-order valence-corrected chi connectivity index (χ4v) is 3.19. The van der Waals surface area contributed by atoms with Crippen molar-refractivity contribution in [2.75, 3.05) is 19.6 Å². The second kappa shape index (κ2) is 6.47. The fraction of sp³-hybridized carbons (Fsp3) is 0.455. The van der Waals surface area contributed by atoms with Gasteiger partial charge >= 0.3 is 0 Å². The van der Waals surface area contributed by atoms with E-state index in [4.69, 9.17) is 16.3 Å². The van der Waals surface area contributed by atoms with E-state index in [1.807, 2.05) is 0 Å². The summed E-state index contributed by atoms with van der Waals surface area (Å²) < 4.78 is 44.4. The lowest BCUT2D eigenvalue weighted by Crippen LogP contribution is -2.39. The molecule has 1 rings (SSSR count). The van der Waals surface area contributed by atoms with Crippen LogP contribution in [-0.4, -0.2) is 34.1 Å². The van der Waals surface area contributed by atoms with E-state index in [9.17, 15) is 12.8 Å². The highest BCUT2D eigenvalue weighted by atomic mass is 35.5. The number of methoxy groups -OCH3 is 1. The van der Waals surface area contributed by atoms with Gasteiger partial charge in [0.25, 0.3) is 0 Å². The van der Waals surface area contributed by atoms with E-state index in [1.54, 1.807) is 6.92 Å². The Morgan fingerprint density at radius 3 is 2.72 bits per heavy atom. The van der Waals surface area contributed by atoms with Crippen LogP contribution in [0, 0.1) is 12.7 Å². The number of benzene rings is 1. The van der Waals surface area contributed by atoms with E-state index in [1.165, 1.54) is 19.2 Å². The first-order valence-corrected chi connectivity index (χ1v) is 7.26. The molecule has 0 heterocycles. The first kappa shape index (κ1) is 15.4. The Kier molecular flexibility index (Phi) is 5.52. The Balaban J connectivity index is 3.02. The SMILES string of the molecule is COCC(CCl)NS(=O)(=O)c1cc(F)ccc1C. The molecule has 1 atom stereocenters. The van der Waals surface area contributed by atoms with Crippen LogP contribution in [0.1, 0.15) is 5.56 Å². The maximum atomic E-state index is 13.1. The lowest BCUT2D eigenvalue weighted by atomic mass is 10.2. The highest BCUT2D eigenvalue weighted by molar-refractivity contribution is 7.89. The van der Waals surface area contributed by atoms with Gasteiger partial charge in [0.05, 0.1) is 17.5 Å². The van der Waals surface area contributed by atoms with Crippen LogP contribution in [0.25, 0.3) is 0 Å². The summed E-state index contributed by atoms with van der Waals surface area (Å²) in [6.45, 7) is 1.75. The number of ether oxygens (including phenoxy) is 1. The Morgan fingerprint density at radius 1 is 1.50 bits per heavy atom. The number of halogens is 2. The van der Waals surface area contributed by atoms with Gasteiger partial charge < -0.3 is 4.74 Å². The second-order valence-corrected chi connectivity index (χ2v) is 5.83. The van der Waals surface area contributed by atoms with E-state index < -0.39 is 21.9 Å². The monoisotopic (exact) mass is 295 g/mol. The van der Waals surface area contributed by atoms with Crippen molar-refractivity contribution in [3.63, 3.8) is 0 Å². The normalized spacial score (nSPS) is 13.6. The van der Waals surface area contributed by atoms with Gasteiger partial charge in [-0.15, -0.1) is 11.6 Å². The van der Waals surface area contributed by atoms with Crippen molar-refractivity contribution in [3.05, 3.63) is 29.6 Å². The molecule has 0 amide bonds. The fourth-order valence-electron chi connectivity index (χ4n) is 1.46. The van der Waals surface area contributed by atoms with Crippen molar-refractivity contribution in [2.45, 2.75) is 17.9 Å². The molecular weight excluding hydrogens is 281 g/mol. The van der Waals surface area contributed by atoms with Gasteiger partial charge in [0, 0.05) is 13.0 Å². The van der Waals surface area contributed by atoms with Gasteiger partial charge in [-0.1, -0.05) is 6.07 Å². The standard InChI is InChI=1S/C11H15ClFNO3S/c1-8-3-4-9(13)5-11(8)18(15,16)14-10(6-12)7-17-2/h3-5,10,14H,6-7H2,1-2H3. The van der Waals surface area contributed by atoms with Crippen LogP contribution in [0.15, 0.2) is 23.1 Å². The van der Waals surface area contributed by atoms with Gasteiger partial charge in [0.15, 0.2) is 0 Å². The molecule has 4 nitrogen and oxygen atoms in total. The summed E-state index contributed by atoms with van der Waals surface area (Å²) in [6, 6.07) is 3.05. The summed E-state index contributed by atoms with van der Waals surface area (Å²) in [7, 11) is -2.36. The third-order valence-corrected chi connectivity index (χ3v) is 4.35. The molecule has 18 heavy (non-hydrogen) atoms. The molecule has 0 bridgehead atoms. The van der Waals surface area contributed by atoms with Crippen molar-refractivity contribution in [1.82, 2.24) is 4.72 Å². The predicted molar refractivity (Wildman–Crippen MR) is 67.8 cm³/mol. The lowest BCUT2D eigenvalue weighted by molar-refractivity contribution is 0.181. The van der Waals surface area contributed by atoms with Crippen molar-refractivity contribution in [1.29, 1.82) is 0 Å². The van der Waals surface area contributed by atoms with Crippen molar-refractivity contribution in [3.8, 4) is 0 Å². The predicted octanol–water partition coefficient (Wildman–Crippen LogP) is 1.67. The third-order valence-electron chi connectivity index (χ3n) is 2.32. The number of aryl methyl sites for hydroxylation is 1. The molecule has 0 aromatic heterocycles. The molecule has 102 valence electrons. The third kappa shape index (κ3) is 3.91. The summed E-state index contributed by atoms with van der Waals surface area (Å²) in [5, 5.41) is 0. The summed E-state index contributed by atoms with van der Waals surface area (Å²) in [4.78, 5) is -0.0891. The zero-order chi connectivity index (χ0) is 13.8. The van der Waals surface area contributed by atoms with Gasteiger partial charge in [-0.25, -0.2) is 17.5 Å². The van der Waals surface area contributed by atoms with Gasteiger partial charge in [0.1, 0.15) is 5.82 Å². The van der Waals surface area contributed by atoms with Crippen molar-refractivity contribution >= 4 is 21.6 Å². The lowest BCUT2D eigenvalue weighted by Gasteiger charge is -2.16. The molecule has 0 aliphatic heterocycles. The second-order valence-electron chi connectivity index (χ2n) is 3.84. The molecular formula is C11H15ClFNO3S. The van der Waals surface area contributed by atoms with Crippen LogP contribution >= 0.6 is 11.6 Å². The summed E-state index contributed by atoms with van der Waals surface area (Å²) >= 11 is 5.63. The topological polar surface area (TPSA) is 55.4 Å². The van der Waals surface area contributed by atoms with Crippen LogP contribution < -0.4 is 4.72 Å². The molecule has 0 aliphatic rings. The number of nitrogens with one attached hydrogen (secondary N) is 1. The molecule has 1 unspecified atom stereocenters. The van der Waals surface area contributed by atoms with Crippen molar-refractivity contribution in [2.24, 2.45) is 0 Å². The molecule has 1 aromatic rings. The van der Waals surface area contributed by atoms with Gasteiger partial charge in [0.2, 0.25) is 10.0 Å². The molecule has 0 fully saturated rings. The zero-order valence-corrected chi connectivity index (χ0v) is 11.7. The Labute approximate surface area is 111 Å². The van der Waals surface area contributed by atoms with E-state index in [0.29, 0.717) is 5.56 Å². The van der Waals surface area contributed by atoms with Crippen LogP contribution in [0.5, 0.6) is 0 Å². The maximum Gasteiger partial charge on any atom is 0.241 e. The van der Waals surface area contributed by atoms with Crippen LogP contribution in [-0.2, 0) is 14.8 Å². The smallest absolute Gasteiger partial charge is 0.241 e. The quantitative estimate of drug-likeness (QED) is 0.812. The van der Waals surface area contributed by atoms with E-state index in [0.717, 1.165) is 6.07 Å². The summed E-state index contributed by atoms with van der Waals surface area (Å²) in [6.07, 6.45) is 0. The number of hydrogen-bond acceptors (Lipinski definition) is 3. The van der Waals surface area contributed by atoms with Crippen LogP contribution in [0.4, 0.5) is 4.39 Å². The number of alkyl halides is 1. The first-order chi connectivity index (χ1) is 8.40. The zero-order valence-electron chi connectivity index (χ0n) is 10.1. The molecule has 0 saturated carbocycles. The van der Waals surface area contributed by atoms with Crippen LogP contribution in [0.3, 0.4) is 0 Å². The average Bonchev–Trinajstić information content (AvgIpc) is 2.31. The number of sulfonamides is 1. The Morgan fingerprint density at radius 2 is 2.17 bits per heavy atom. The average molecular weight is 296 g/mol. The van der Waals surface area contributed by atoms with Gasteiger partial charge in [-0.3, -0.25) is 0 Å². The molecule has 1 aromatic carbocycles. The largest absolute Gasteiger partial charge is 0.383 e. The maximum absolute atomic E-state index is 13.1. The minimum atomic E-state index is -3.80. The van der Waals surface area contributed by atoms with Crippen molar-refractivity contribution < 1.29 is 17.5 Å². The summed E-state index contributed by atoms with van der Waals surface area (Å²) in [5.74, 6) is -0.531. The van der Waals surface area contributed by atoms with E-state index >= 15 is 0 Å². The molecule has 0 saturated heterocycles. The Bertz CT molecular complexity index is 507. The van der Waals surface area contributed by atoms with Gasteiger partial charge in [-0.05, 0) is 24.6 Å². The highest BCUT2D eigenvalue weighted by Gasteiger charge is 2.21. The number of hydrogen-bond donors (Lipinski definition) is 1. The first-order valence-electron chi connectivity index (χ1n) is 5.24. The van der Waals surface area contributed by atoms with Gasteiger partial charge in [-0.2, -0.15) is 0 Å². The number of rotatable bonds is 6. The van der Waals surface area contributed by atoms with Crippen LogP contribution in [0.2, 0.25) is 0 Å². The highest BCUT2D eigenvalue weighted by Crippen LogP contribution is 2.16. The molecule has 1 N–H and O–H groups in total. The summed E-state index contributed by atoms with van der Waals surface area (Å²) in [5.41, 5.74) is 0.467. The molecule has 0 aliphatic carbocycles. The van der Waals surface area contributed by atoms with E-state index in [-0.39, 0.29) is 17.4 Å². The van der Waals surface area contributed by atoms with E-state index in [2.05, 4.69) is 4.72 Å².